The standard InChI is InChI=1S/C22H24F3N3O5/c1-3-32-17-11-15(12-18(14-17)33-4-2)21(29)27-9-7-26(8-10-27)19-6-5-16(22(23,24)25)13-20(19)28(30)31/h5-6,11-14H,3-4,7-10H2,1-2H3. The van der Waals surface area contributed by atoms with E-state index in [9.17, 15) is 28.1 Å². The van der Waals surface area contributed by atoms with Crippen molar-refractivity contribution >= 4 is 17.3 Å². The van der Waals surface area contributed by atoms with Gasteiger partial charge in [0.2, 0.25) is 0 Å². The number of amides is 1. The Bertz CT molecular complexity index is 997. The van der Waals surface area contributed by atoms with E-state index in [2.05, 4.69) is 0 Å². The molecule has 1 amide bonds. The van der Waals surface area contributed by atoms with Crippen molar-refractivity contribution in [2.45, 2.75) is 20.0 Å². The van der Waals surface area contributed by atoms with E-state index >= 15 is 0 Å². The van der Waals surface area contributed by atoms with E-state index < -0.39 is 22.4 Å². The van der Waals surface area contributed by atoms with Gasteiger partial charge in [0, 0.05) is 43.9 Å². The summed E-state index contributed by atoms with van der Waals surface area (Å²) in [4.78, 5) is 26.8. The fourth-order valence-corrected chi connectivity index (χ4v) is 3.64. The van der Waals surface area contributed by atoms with E-state index in [-0.39, 0.29) is 37.8 Å². The number of carbonyl (C=O) groups is 1. The molecule has 0 radical (unpaired) electrons. The lowest BCUT2D eigenvalue weighted by Crippen LogP contribution is -2.49. The number of nitro benzene ring substituents is 1. The molecule has 1 saturated heterocycles. The van der Waals surface area contributed by atoms with Gasteiger partial charge >= 0.3 is 6.18 Å². The predicted molar refractivity (Wildman–Crippen MR) is 115 cm³/mol. The van der Waals surface area contributed by atoms with Gasteiger partial charge in [-0.25, -0.2) is 0 Å². The lowest BCUT2D eigenvalue weighted by atomic mass is 10.1. The highest BCUT2D eigenvalue weighted by Gasteiger charge is 2.34. The van der Waals surface area contributed by atoms with E-state index in [1.54, 1.807) is 28.0 Å². The number of halogens is 3. The maximum Gasteiger partial charge on any atom is 0.416 e. The third-order valence-electron chi connectivity index (χ3n) is 5.16. The molecule has 0 atom stereocenters. The van der Waals surface area contributed by atoms with Gasteiger partial charge in [0.15, 0.2) is 0 Å². The Morgan fingerprint density at radius 1 is 1.00 bits per heavy atom. The molecule has 33 heavy (non-hydrogen) atoms. The average Bonchev–Trinajstić information content (AvgIpc) is 2.78. The summed E-state index contributed by atoms with van der Waals surface area (Å²) in [6.07, 6.45) is -4.68. The Hall–Kier alpha value is -3.50. The Kier molecular flexibility index (Phi) is 7.29. The van der Waals surface area contributed by atoms with Crippen molar-refractivity contribution in [3.63, 3.8) is 0 Å². The molecule has 0 aliphatic carbocycles. The van der Waals surface area contributed by atoms with E-state index in [1.807, 2.05) is 13.8 Å². The summed E-state index contributed by atoms with van der Waals surface area (Å²) in [5, 5.41) is 11.4. The van der Waals surface area contributed by atoms with E-state index in [0.717, 1.165) is 12.1 Å². The van der Waals surface area contributed by atoms with Crippen LogP contribution in [0.5, 0.6) is 11.5 Å². The lowest BCUT2D eigenvalue weighted by molar-refractivity contribution is -0.384. The van der Waals surface area contributed by atoms with Gasteiger partial charge < -0.3 is 19.3 Å². The zero-order valence-corrected chi connectivity index (χ0v) is 18.2. The van der Waals surface area contributed by atoms with Gasteiger partial charge in [-0.3, -0.25) is 14.9 Å². The molecule has 0 bridgehead atoms. The van der Waals surface area contributed by atoms with Gasteiger partial charge in [0.1, 0.15) is 17.2 Å². The number of hydrogen-bond acceptors (Lipinski definition) is 6. The highest BCUT2D eigenvalue weighted by molar-refractivity contribution is 5.95. The van der Waals surface area contributed by atoms with Crippen molar-refractivity contribution in [3.05, 3.63) is 57.6 Å². The monoisotopic (exact) mass is 467 g/mol. The number of alkyl halides is 3. The number of rotatable bonds is 7. The second kappa shape index (κ2) is 9.97. The smallest absolute Gasteiger partial charge is 0.416 e. The molecule has 0 saturated carbocycles. The minimum atomic E-state index is -4.68. The van der Waals surface area contributed by atoms with E-state index in [4.69, 9.17) is 9.47 Å². The number of hydrogen-bond donors (Lipinski definition) is 0. The molecule has 11 heteroatoms. The average molecular weight is 467 g/mol. The van der Waals surface area contributed by atoms with Crippen LogP contribution in [0.4, 0.5) is 24.5 Å². The molecule has 1 aliphatic rings. The van der Waals surface area contributed by atoms with Crippen LogP contribution in [0.25, 0.3) is 0 Å². The summed E-state index contributed by atoms with van der Waals surface area (Å²) in [6, 6.07) is 7.43. The number of ether oxygens (including phenoxy) is 2. The largest absolute Gasteiger partial charge is 0.494 e. The van der Waals surface area contributed by atoms with Crippen LogP contribution >= 0.6 is 0 Å². The molecule has 0 unspecified atom stereocenters. The van der Waals surface area contributed by atoms with Crippen LogP contribution in [0.2, 0.25) is 0 Å². The first-order valence-corrected chi connectivity index (χ1v) is 10.4. The number of piperazine rings is 1. The molecule has 3 rings (SSSR count). The van der Waals surface area contributed by atoms with Gasteiger partial charge in [-0.05, 0) is 38.1 Å². The van der Waals surface area contributed by atoms with Gasteiger partial charge in [-0.1, -0.05) is 0 Å². The van der Waals surface area contributed by atoms with Gasteiger partial charge in [-0.2, -0.15) is 13.2 Å². The highest BCUT2D eigenvalue weighted by atomic mass is 19.4. The van der Waals surface area contributed by atoms with Crippen molar-refractivity contribution in [1.29, 1.82) is 0 Å². The van der Waals surface area contributed by atoms with Crippen LogP contribution in [0, 0.1) is 10.1 Å². The normalized spacial score (nSPS) is 14.2. The summed E-state index contributed by atoms with van der Waals surface area (Å²) in [7, 11) is 0. The summed E-state index contributed by atoms with van der Waals surface area (Å²) in [6.45, 7) is 5.48. The topological polar surface area (TPSA) is 85.2 Å². The fraction of sp³-hybridized carbons (Fsp3) is 0.409. The van der Waals surface area contributed by atoms with Gasteiger partial charge in [0.25, 0.3) is 11.6 Å². The number of nitro groups is 1. The van der Waals surface area contributed by atoms with Crippen molar-refractivity contribution in [2.24, 2.45) is 0 Å². The van der Waals surface area contributed by atoms with Crippen LogP contribution in [0.3, 0.4) is 0 Å². The molecule has 2 aromatic rings. The van der Waals surface area contributed by atoms with Crippen molar-refractivity contribution in [2.75, 3.05) is 44.3 Å². The maximum absolute atomic E-state index is 13.0. The van der Waals surface area contributed by atoms with Crippen LogP contribution < -0.4 is 14.4 Å². The summed E-state index contributed by atoms with van der Waals surface area (Å²) in [5.74, 6) is 0.760. The number of anilines is 1. The number of benzene rings is 2. The third kappa shape index (κ3) is 5.65. The van der Waals surface area contributed by atoms with E-state index in [0.29, 0.717) is 36.3 Å². The van der Waals surface area contributed by atoms with Crippen molar-refractivity contribution < 1.29 is 32.4 Å². The molecular formula is C22H24F3N3O5. The highest BCUT2D eigenvalue weighted by Crippen LogP contribution is 2.37. The van der Waals surface area contributed by atoms with Crippen molar-refractivity contribution in [1.82, 2.24) is 4.90 Å². The molecular weight excluding hydrogens is 443 g/mol. The maximum atomic E-state index is 13.0. The third-order valence-corrected chi connectivity index (χ3v) is 5.16. The van der Waals surface area contributed by atoms with Gasteiger partial charge in [-0.15, -0.1) is 0 Å². The summed E-state index contributed by atoms with van der Waals surface area (Å²) >= 11 is 0. The molecule has 8 nitrogen and oxygen atoms in total. The zero-order chi connectivity index (χ0) is 24.2. The fourth-order valence-electron chi connectivity index (χ4n) is 3.64. The molecule has 0 aromatic heterocycles. The van der Waals surface area contributed by atoms with Gasteiger partial charge in [0.05, 0.1) is 23.7 Å². The summed E-state index contributed by atoms with van der Waals surface area (Å²) < 4.78 is 49.9. The summed E-state index contributed by atoms with van der Waals surface area (Å²) in [5.41, 5.74) is -1.21. The zero-order valence-electron chi connectivity index (χ0n) is 18.2. The van der Waals surface area contributed by atoms with E-state index in [1.165, 1.54) is 0 Å². The van der Waals surface area contributed by atoms with Crippen LogP contribution in [-0.2, 0) is 6.18 Å². The SMILES string of the molecule is CCOc1cc(OCC)cc(C(=O)N2CCN(c3ccc(C(F)(F)F)cc3[N+](=O)[O-])CC2)c1. The van der Waals surface area contributed by atoms with Crippen LogP contribution in [0.15, 0.2) is 36.4 Å². The first kappa shape index (κ1) is 24.1. The molecule has 0 spiro atoms. The Labute approximate surface area is 188 Å². The predicted octanol–water partition coefficient (Wildman–Crippen LogP) is 4.37. The number of nitrogens with zero attached hydrogens (tertiary/aromatic N) is 3. The Balaban J connectivity index is 1.76. The molecule has 2 aromatic carbocycles. The Morgan fingerprint density at radius 2 is 1.58 bits per heavy atom. The molecule has 1 aliphatic heterocycles. The quantitative estimate of drug-likeness (QED) is 0.444. The second-order valence-corrected chi connectivity index (χ2v) is 7.30. The molecule has 178 valence electrons. The Morgan fingerprint density at radius 3 is 2.06 bits per heavy atom. The van der Waals surface area contributed by atoms with Crippen LogP contribution in [-0.4, -0.2) is 55.1 Å². The lowest BCUT2D eigenvalue weighted by Gasteiger charge is -2.36. The number of carbonyl (C=O) groups excluding carboxylic acids is 1. The first-order valence-electron chi connectivity index (χ1n) is 10.4. The molecule has 0 N–H and O–H groups in total. The first-order chi connectivity index (χ1) is 15.6. The van der Waals surface area contributed by atoms with Crippen LogP contribution in [0.1, 0.15) is 29.8 Å². The molecule has 1 heterocycles. The second-order valence-electron chi connectivity index (χ2n) is 7.30. The minimum Gasteiger partial charge on any atom is -0.494 e. The molecule has 1 fully saturated rings. The minimum absolute atomic E-state index is 0.0945. The van der Waals surface area contributed by atoms with Crippen molar-refractivity contribution in [3.8, 4) is 11.5 Å².